The van der Waals surface area contributed by atoms with E-state index in [1.54, 1.807) is 0 Å². The quantitative estimate of drug-likeness (QED) is 0.833. The number of rotatable bonds is 4. The van der Waals surface area contributed by atoms with Gasteiger partial charge in [-0.15, -0.1) is 0 Å². The molecule has 2 rings (SSSR count). The van der Waals surface area contributed by atoms with Crippen LogP contribution in [-0.2, 0) is 13.0 Å². The molecule has 0 saturated heterocycles. The van der Waals surface area contributed by atoms with E-state index < -0.39 is 0 Å². The molecule has 0 unspecified atom stereocenters. The second-order valence-corrected chi connectivity index (χ2v) is 3.95. The largest absolute Gasteiger partial charge is 0.333 e. The van der Waals surface area contributed by atoms with E-state index in [2.05, 4.69) is 20.6 Å². The first-order valence-electron chi connectivity index (χ1n) is 5.39. The zero-order chi connectivity index (χ0) is 11.4. The standard InChI is InChI=1S/C12H16N4/c1-10-4-11(6-14-5-10)7-16-8-12(2-3-13)15-9-16/h4-6,8-9H,2-3,7,13H2,1H3. The lowest BCUT2D eigenvalue weighted by Crippen LogP contribution is -2.03. The van der Waals surface area contributed by atoms with Gasteiger partial charge in [0.2, 0.25) is 0 Å². The van der Waals surface area contributed by atoms with Crippen molar-refractivity contribution in [2.75, 3.05) is 6.54 Å². The molecule has 2 N–H and O–H groups in total. The molecule has 16 heavy (non-hydrogen) atoms. The first-order valence-corrected chi connectivity index (χ1v) is 5.39. The number of nitrogens with two attached hydrogens (primary N) is 1. The lowest BCUT2D eigenvalue weighted by atomic mass is 10.2. The van der Waals surface area contributed by atoms with Crippen molar-refractivity contribution in [3.05, 3.63) is 47.8 Å². The Hall–Kier alpha value is -1.68. The third kappa shape index (κ3) is 2.67. The molecule has 0 spiro atoms. The number of nitrogens with zero attached hydrogens (tertiary/aromatic N) is 3. The Kier molecular flexibility index (Phi) is 3.31. The van der Waals surface area contributed by atoms with Crippen molar-refractivity contribution in [3.8, 4) is 0 Å². The molecule has 0 aliphatic rings. The SMILES string of the molecule is Cc1cncc(Cn2cnc(CCN)c2)c1. The minimum Gasteiger partial charge on any atom is -0.333 e. The minimum absolute atomic E-state index is 0.642. The van der Waals surface area contributed by atoms with Crippen LogP contribution < -0.4 is 5.73 Å². The maximum atomic E-state index is 5.48. The highest BCUT2D eigenvalue weighted by atomic mass is 15.0. The molecule has 0 aliphatic carbocycles. The lowest BCUT2D eigenvalue weighted by Gasteiger charge is -2.02. The summed E-state index contributed by atoms with van der Waals surface area (Å²) in [6.45, 7) is 3.50. The molecule has 2 heterocycles. The summed E-state index contributed by atoms with van der Waals surface area (Å²) in [5.41, 5.74) is 8.90. The Balaban J connectivity index is 2.08. The molecular formula is C12H16N4. The van der Waals surface area contributed by atoms with Crippen molar-refractivity contribution in [2.45, 2.75) is 19.9 Å². The van der Waals surface area contributed by atoms with Crippen LogP contribution in [0.15, 0.2) is 31.0 Å². The van der Waals surface area contributed by atoms with Crippen LogP contribution in [0.4, 0.5) is 0 Å². The molecule has 0 fully saturated rings. The van der Waals surface area contributed by atoms with Crippen molar-refractivity contribution < 1.29 is 0 Å². The zero-order valence-corrected chi connectivity index (χ0v) is 9.43. The highest BCUT2D eigenvalue weighted by Gasteiger charge is 1.99. The van der Waals surface area contributed by atoms with Crippen LogP contribution in [0.3, 0.4) is 0 Å². The molecule has 0 radical (unpaired) electrons. The monoisotopic (exact) mass is 216 g/mol. The van der Waals surface area contributed by atoms with Gasteiger partial charge in [0.15, 0.2) is 0 Å². The molecule has 4 heteroatoms. The fourth-order valence-electron chi connectivity index (χ4n) is 1.68. The van der Waals surface area contributed by atoms with Gasteiger partial charge in [-0.1, -0.05) is 6.07 Å². The molecule has 0 bridgehead atoms. The van der Waals surface area contributed by atoms with Gasteiger partial charge >= 0.3 is 0 Å². The molecule has 0 amide bonds. The fourth-order valence-corrected chi connectivity index (χ4v) is 1.68. The zero-order valence-electron chi connectivity index (χ0n) is 9.43. The van der Waals surface area contributed by atoms with Crippen molar-refractivity contribution in [1.82, 2.24) is 14.5 Å². The Morgan fingerprint density at radius 3 is 3.00 bits per heavy atom. The van der Waals surface area contributed by atoms with Crippen molar-refractivity contribution in [2.24, 2.45) is 5.73 Å². The molecule has 84 valence electrons. The summed E-state index contributed by atoms with van der Waals surface area (Å²) in [5, 5.41) is 0. The molecule has 0 aromatic carbocycles. The second kappa shape index (κ2) is 4.90. The maximum Gasteiger partial charge on any atom is 0.0952 e. The second-order valence-electron chi connectivity index (χ2n) is 3.95. The number of pyridine rings is 1. The average Bonchev–Trinajstić information content (AvgIpc) is 2.66. The van der Waals surface area contributed by atoms with E-state index in [4.69, 9.17) is 5.73 Å². The first-order chi connectivity index (χ1) is 7.78. The van der Waals surface area contributed by atoms with Gasteiger partial charge in [-0.3, -0.25) is 4.98 Å². The van der Waals surface area contributed by atoms with Crippen LogP contribution in [0.1, 0.15) is 16.8 Å². The van der Waals surface area contributed by atoms with Gasteiger partial charge in [-0.25, -0.2) is 4.98 Å². The van der Waals surface area contributed by atoms with Crippen LogP contribution >= 0.6 is 0 Å². The number of hydrogen-bond acceptors (Lipinski definition) is 3. The van der Waals surface area contributed by atoms with Crippen LogP contribution in [0.2, 0.25) is 0 Å². The third-order valence-electron chi connectivity index (χ3n) is 2.38. The van der Waals surface area contributed by atoms with Gasteiger partial charge in [0, 0.05) is 25.0 Å². The van der Waals surface area contributed by atoms with E-state index in [1.807, 2.05) is 31.8 Å². The third-order valence-corrected chi connectivity index (χ3v) is 2.38. The van der Waals surface area contributed by atoms with Crippen LogP contribution in [0, 0.1) is 6.92 Å². The van der Waals surface area contributed by atoms with Crippen molar-refractivity contribution in [3.63, 3.8) is 0 Å². The summed E-state index contributed by atoms with van der Waals surface area (Å²) in [6.07, 6.45) is 8.45. The Morgan fingerprint density at radius 1 is 1.38 bits per heavy atom. The van der Waals surface area contributed by atoms with Crippen molar-refractivity contribution in [1.29, 1.82) is 0 Å². The Labute approximate surface area is 95.1 Å². The minimum atomic E-state index is 0.642. The summed E-state index contributed by atoms with van der Waals surface area (Å²) in [7, 11) is 0. The number of aryl methyl sites for hydroxylation is 1. The fraction of sp³-hybridized carbons (Fsp3) is 0.333. The first kappa shape index (κ1) is 10.8. The van der Waals surface area contributed by atoms with Crippen molar-refractivity contribution >= 4 is 0 Å². The summed E-state index contributed by atoms with van der Waals surface area (Å²) < 4.78 is 2.06. The van der Waals surface area contributed by atoms with Gasteiger partial charge in [-0.2, -0.15) is 0 Å². The molecule has 0 aliphatic heterocycles. The topological polar surface area (TPSA) is 56.7 Å². The number of hydrogen-bond donors (Lipinski definition) is 1. The van der Waals surface area contributed by atoms with Crippen LogP contribution in [0.25, 0.3) is 0 Å². The molecule has 0 saturated carbocycles. The van der Waals surface area contributed by atoms with E-state index in [9.17, 15) is 0 Å². The van der Waals surface area contributed by atoms with E-state index >= 15 is 0 Å². The highest BCUT2D eigenvalue weighted by Crippen LogP contribution is 2.05. The lowest BCUT2D eigenvalue weighted by molar-refractivity contribution is 0.790. The number of imidazole rings is 1. The smallest absolute Gasteiger partial charge is 0.0952 e. The predicted molar refractivity (Wildman–Crippen MR) is 63.1 cm³/mol. The highest BCUT2D eigenvalue weighted by molar-refractivity contribution is 5.17. The summed E-state index contributed by atoms with van der Waals surface area (Å²) in [6, 6.07) is 2.13. The molecule has 4 nitrogen and oxygen atoms in total. The van der Waals surface area contributed by atoms with Gasteiger partial charge in [0.05, 0.1) is 18.6 Å². The number of aromatic nitrogens is 3. The van der Waals surface area contributed by atoms with E-state index in [-0.39, 0.29) is 0 Å². The van der Waals surface area contributed by atoms with Gasteiger partial charge in [0.1, 0.15) is 0 Å². The maximum absolute atomic E-state index is 5.48. The molecule has 0 atom stereocenters. The van der Waals surface area contributed by atoms with Gasteiger partial charge in [0.25, 0.3) is 0 Å². The Morgan fingerprint density at radius 2 is 2.25 bits per heavy atom. The predicted octanol–water partition coefficient (Wildman–Crippen LogP) is 1.14. The van der Waals surface area contributed by atoms with Crippen LogP contribution in [0.5, 0.6) is 0 Å². The molecule has 2 aromatic heterocycles. The molecular weight excluding hydrogens is 200 g/mol. The summed E-state index contributed by atoms with van der Waals surface area (Å²) in [4.78, 5) is 8.46. The van der Waals surface area contributed by atoms with Gasteiger partial charge < -0.3 is 10.3 Å². The Bertz CT molecular complexity index is 462. The van der Waals surface area contributed by atoms with E-state index in [0.29, 0.717) is 6.54 Å². The van der Waals surface area contributed by atoms with Gasteiger partial charge in [-0.05, 0) is 24.6 Å². The summed E-state index contributed by atoms with van der Waals surface area (Å²) in [5.74, 6) is 0. The average molecular weight is 216 g/mol. The summed E-state index contributed by atoms with van der Waals surface area (Å²) >= 11 is 0. The molecule has 2 aromatic rings. The van der Waals surface area contributed by atoms with Crippen LogP contribution in [-0.4, -0.2) is 21.1 Å². The normalized spacial score (nSPS) is 10.6. The van der Waals surface area contributed by atoms with E-state index in [1.165, 1.54) is 11.1 Å². The van der Waals surface area contributed by atoms with E-state index in [0.717, 1.165) is 18.7 Å².